The van der Waals surface area contributed by atoms with Gasteiger partial charge in [0.1, 0.15) is 22.2 Å². The third-order valence-corrected chi connectivity index (χ3v) is 4.19. The number of ether oxygens (including phenoxy) is 1. The summed E-state index contributed by atoms with van der Waals surface area (Å²) in [5, 5.41) is 0. The van der Waals surface area contributed by atoms with Crippen LogP contribution in [0.5, 0.6) is 0 Å². The normalized spacial score (nSPS) is 25.3. The van der Waals surface area contributed by atoms with E-state index < -0.39 is 15.9 Å². The van der Waals surface area contributed by atoms with Crippen molar-refractivity contribution in [1.82, 2.24) is 0 Å². The SMILES string of the molecule is COC(C=O)C1CCS(=O)(=O)CC1. The van der Waals surface area contributed by atoms with Crippen molar-refractivity contribution in [3.8, 4) is 0 Å². The highest BCUT2D eigenvalue weighted by Gasteiger charge is 2.29. The molecule has 0 spiro atoms. The molecule has 0 aromatic heterocycles. The molecule has 76 valence electrons. The van der Waals surface area contributed by atoms with E-state index >= 15 is 0 Å². The van der Waals surface area contributed by atoms with Crippen molar-refractivity contribution in [1.29, 1.82) is 0 Å². The largest absolute Gasteiger partial charge is 0.374 e. The zero-order valence-electron chi connectivity index (χ0n) is 7.60. The number of carbonyl (C=O) groups excluding carboxylic acids is 1. The summed E-state index contributed by atoms with van der Waals surface area (Å²) in [4.78, 5) is 10.5. The molecule has 0 bridgehead atoms. The summed E-state index contributed by atoms with van der Waals surface area (Å²) in [6, 6.07) is 0. The van der Waals surface area contributed by atoms with E-state index in [0.29, 0.717) is 12.8 Å². The van der Waals surface area contributed by atoms with Gasteiger partial charge in [-0.25, -0.2) is 8.42 Å². The van der Waals surface area contributed by atoms with E-state index in [1.165, 1.54) is 7.11 Å². The predicted molar refractivity (Wildman–Crippen MR) is 48.2 cm³/mol. The third-order valence-electron chi connectivity index (χ3n) is 2.47. The number of hydrogen-bond donors (Lipinski definition) is 0. The van der Waals surface area contributed by atoms with Crippen LogP contribution in [0.4, 0.5) is 0 Å². The predicted octanol–water partition coefficient (Wildman–Crippen LogP) is 0.0251. The minimum Gasteiger partial charge on any atom is -0.374 e. The molecule has 1 aliphatic heterocycles. The lowest BCUT2D eigenvalue weighted by molar-refractivity contribution is -0.119. The number of hydrogen-bond acceptors (Lipinski definition) is 4. The van der Waals surface area contributed by atoms with Crippen LogP contribution in [0, 0.1) is 5.92 Å². The number of carbonyl (C=O) groups is 1. The van der Waals surface area contributed by atoms with E-state index in [9.17, 15) is 13.2 Å². The second-order valence-corrected chi connectivity index (χ2v) is 5.63. The molecule has 0 saturated carbocycles. The molecule has 5 heteroatoms. The Bertz CT molecular complexity index is 256. The van der Waals surface area contributed by atoms with Gasteiger partial charge in [-0.3, -0.25) is 0 Å². The molecule has 0 aromatic rings. The van der Waals surface area contributed by atoms with E-state index in [1.807, 2.05) is 0 Å². The first-order chi connectivity index (χ1) is 6.09. The van der Waals surface area contributed by atoms with Gasteiger partial charge in [0.25, 0.3) is 0 Å². The van der Waals surface area contributed by atoms with Gasteiger partial charge in [0.15, 0.2) is 0 Å². The summed E-state index contributed by atoms with van der Waals surface area (Å²) in [5.41, 5.74) is 0. The van der Waals surface area contributed by atoms with Gasteiger partial charge >= 0.3 is 0 Å². The lowest BCUT2D eigenvalue weighted by atomic mass is 9.97. The highest BCUT2D eigenvalue weighted by atomic mass is 32.2. The summed E-state index contributed by atoms with van der Waals surface area (Å²) in [6.07, 6.45) is 1.40. The number of sulfone groups is 1. The molecule has 1 aliphatic rings. The summed E-state index contributed by atoms with van der Waals surface area (Å²) >= 11 is 0. The van der Waals surface area contributed by atoms with E-state index in [0.717, 1.165) is 6.29 Å². The standard InChI is InChI=1S/C8H14O4S/c1-12-8(6-9)7-2-4-13(10,11)5-3-7/h6-8H,2-5H2,1H3. The van der Waals surface area contributed by atoms with Crippen molar-refractivity contribution in [2.24, 2.45) is 5.92 Å². The lowest BCUT2D eigenvalue weighted by Crippen LogP contribution is -2.33. The Morgan fingerprint density at radius 2 is 1.92 bits per heavy atom. The van der Waals surface area contributed by atoms with Crippen LogP contribution in [0.25, 0.3) is 0 Å². The van der Waals surface area contributed by atoms with Crippen molar-refractivity contribution in [3.05, 3.63) is 0 Å². The van der Waals surface area contributed by atoms with Gasteiger partial charge in [-0.15, -0.1) is 0 Å². The summed E-state index contributed by atoms with van der Waals surface area (Å²) < 4.78 is 27.1. The van der Waals surface area contributed by atoms with Crippen LogP contribution in [0.15, 0.2) is 0 Å². The first-order valence-electron chi connectivity index (χ1n) is 4.27. The van der Waals surface area contributed by atoms with Crippen LogP contribution in [0.2, 0.25) is 0 Å². The first-order valence-corrected chi connectivity index (χ1v) is 6.09. The Morgan fingerprint density at radius 3 is 2.31 bits per heavy atom. The van der Waals surface area contributed by atoms with E-state index in [4.69, 9.17) is 4.74 Å². The summed E-state index contributed by atoms with van der Waals surface area (Å²) in [6.45, 7) is 0. The van der Waals surface area contributed by atoms with E-state index in [-0.39, 0.29) is 17.4 Å². The fourth-order valence-corrected chi connectivity index (χ4v) is 3.12. The minimum atomic E-state index is -2.84. The van der Waals surface area contributed by atoms with Gasteiger partial charge in [-0.05, 0) is 18.8 Å². The monoisotopic (exact) mass is 206 g/mol. The highest BCUT2D eigenvalue weighted by molar-refractivity contribution is 7.91. The Labute approximate surface area is 78.2 Å². The van der Waals surface area contributed by atoms with Crippen LogP contribution in [-0.2, 0) is 19.4 Å². The second-order valence-electron chi connectivity index (χ2n) is 3.33. The van der Waals surface area contributed by atoms with Crippen molar-refractivity contribution >= 4 is 16.1 Å². The number of methoxy groups -OCH3 is 1. The molecule has 1 rings (SSSR count). The fraction of sp³-hybridized carbons (Fsp3) is 0.875. The van der Waals surface area contributed by atoms with E-state index in [1.54, 1.807) is 0 Å². The number of rotatable bonds is 3. The molecular weight excluding hydrogens is 192 g/mol. The van der Waals surface area contributed by atoms with Crippen LogP contribution in [-0.4, -0.2) is 39.4 Å². The van der Waals surface area contributed by atoms with Crippen molar-refractivity contribution in [3.63, 3.8) is 0 Å². The maximum absolute atomic E-state index is 11.1. The summed E-state index contributed by atoms with van der Waals surface area (Å²) in [5.74, 6) is 0.447. The second kappa shape index (κ2) is 4.19. The molecule has 0 aliphatic carbocycles. The van der Waals surface area contributed by atoms with Gasteiger partial charge < -0.3 is 9.53 Å². The van der Waals surface area contributed by atoms with Crippen LogP contribution in [0.1, 0.15) is 12.8 Å². The van der Waals surface area contributed by atoms with Crippen LogP contribution < -0.4 is 0 Å². The number of aldehydes is 1. The Morgan fingerprint density at radius 1 is 1.38 bits per heavy atom. The molecule has 0 amide bonds. The molecule has 13 heavy (non-hydrogen) atoms. The highest BCUT2D eigenvalue weighted by Crippen LogP contribution is 2.22. The molecule has 1 atom stereocenters. The van der Waals surface area contributed by atoms with Crippen LogP contribution in [0.3, 0.4) is 0 Å². The van der Waals surface area contributed by atoms with Crippen molar-refractivity contribution in [2.45, 2.75) is 18.9 Å². The molecule has 0 radical (unpaired) electrons. The molecule has 1 heterocycles. The van der Waals surface area contributed by atoms with Crippen molar-refractivity contribution < 1.29 is 17.9 Å². The van der Waals surface area contributed by atoms with Gasteiger partial charge in [0.05, 0.1) is 11.5 Å². The van der Waals surface area contributed by atoms with Gasteiger partial charge in [0.2, 0.25) is 0 Å². The molecule has 0 aromatic carbocycles. The van der Waals surface area contributed by atoms with Gasteiger partial charge in [-0.2, -0.15) is 0 Å². The average molecular weight is 206 g/mol. The minimum absolute atomic E-state index is 0.0750. The smallest absolute Gasteiger partial charge is 0.150 e. The molecule has 4 nitrogen and oxygen atoms in total. The lowest BCUT2D eigenvalue weighted by Gasteiger charge is -2.25. The van der Waals surface area contributed by atoms with Gasteiger partial charge in [0, 0.05) is 7.11 Å². The van der Waals surface area contributed by atoms with Crippen LogP contribution >= 0.6 is 0 Å². The van der Waals surface area contributed by atoms with E-state index in [2.05, 4.69) is 0 Å². The zero-order chi connectivity index (χ0) is 9.90. The average Bonchev–Trinajstić information content (AvgIpc) is 2.09. The topological polar surface area (TPSA) is 60.4 Å². The molecule has 1 unspecified atom stereocenters. The Hall–Kier alpha value is -0.420. The molecule has 0 N–H and O–H groups in total. The molecule has 1 saturated heterocycles. The summed E-state index contributed by atoms with van der Waals surface area (Å²) in [7, 11) is -1.36. The zero-order valence-corrected chi connectivity index (χ0v) is 8.42. The fourth-order valence-electron chi connectivity index (χ4n) is 1.60. The Kier molecular flexibility index (Phi) is 3.44. The maximum atomic E-state index is 11.1. The van der Waals surface area contributed by atoms with Gasteiger partial charge in [-0.1, -0.05) is 0 Å². The Balaban J connectivity index is 2.53. The first kappa shape index (κ1) is 10.7. The third kappa shape index (κ3) is 2.77. The molecular formula is C8H14O4S. The maximum Gasteiger partial charge on any atom is 0.150 e. The quantitative estimate of drug-likeness (QED) is 0.611. The van der Waals surface area contributed by atoms with Crippen molar-refractivity contribution in [2.75, 3.05) is 18.6 Å². The molecule has 1 fully saturated rings.